The first-order valence-corrected chi connectivity index (χ1v) is 8.73. The van der Waals surface area contributed by atoms with E-state index in [0.717, 1.165) is 33.7 Å². The van der Waals surface area contributed by atoms with Crippen molar-refractivity contribution in [3.8, 4) is 5.75 Å². The lowest BCUT2D eigenvalue weighted by atomic mass is 10.3. The van der Waals surface area contributed by atoms with Crippen LogP contribution in [0.15, 0.2) is 40.7 Å². The molecule has 0 spiro atoms. The lowest BCUT2D eigenvalue weighted by Crippen LogP contribution is -2.16. The molecule has 0 unspecified atom stereocenters. The number of aryl methyl sites for hydroxylation is 1. The Kier molecular flexibility index (Phi) is 4.40. The molecule has 6 heteroatoms. The Labute approximate surface area is 136 Å². The molecule has 0 atom stereocenters. The monoisotopic (exact) mass is 332 g/mol. The summed E-state index contributed by atoms with van der Waals surface area (Å²) in [6.07, 6.45) is 0.963. The number of carbonyl (C=O) groups is 1. The maximum atomic E-state index is 12.3. The van der Waals surface area contributed by atoms with Gasteiger partial charge in [-0.15, -0.1) is 11.3 Å². The van der Waals surface area contributed by atoms with E-state index in [0.29, 0.717) is 4.88 Å². The second kappa shape index (κ2) is 6.46. The van der Waals surface area contributed by atoms with Crippen LogP contribution in [-0.4, -0.2) is 17.6 Å². The third kappa shape index (κ3) is 2.71. The quantitative estimate of drug-likeness (QED) is 0.727. The maximum Gasteiger partial charge on any atom is 0.289 e. The second-order valence-electron chi connectivity index (χ2n) is 4.74. The van der Waals surface area contributed by atoms with Crippen LogP contribution in [0.3, 0.4) is 0 Å². The van der Waals surface area contributed by atoms with Crippen molar-refractivity contribution in [2.45, 2.75) is 19.9 Å². The van der Waals surface area contributed by atoms with E-state index < -0.39 is 0 Å². The predicted octanol–water partition coefficient (Wildman–Crippen LogP) is 3.92. The Bertz CT molecular complexity index is 860. The molecular formula is C16H16N2O2S2. The summed E-state index contributed by atoms with van der Waals surface area (Å²) >= 11 is 2.93. The smallest absolute Gasteiger partial charge is 0.289 e. The lowest BCUT2D eigenvalue weighted by molar-refractivity contribution is 0.100. The van der Waals surface area contributed by atoms with Gasteiger partial charge in [0.05, 0.1) is 16.7 Å². The van der Waals surface area contributed by atoms with Gasteiger partial charge in [-0.25, -0.2) is 0 Å². The molecule has 0 saturated heterocycles. The summed E-state index contributed by atoms with van der Waals surface area (Å²) in [5, 5.41) is 1.89. The fourth-order valence-electron chi connectivity index (χ4n) is 2.32. The number of amides is 1. The first kappa shape index (κ1) is 15.0. The zero-order valence-corrected chi connectivity index (χ0v) is 14.0. The fourth-order valence-corrected chi connectivity index (χ4v) is 4.00. The molecule has 0 aliphatic heterocycles. The zero-order chi connectivity index (χ0) is 15.5. The summed E-state index contributed by atoms with van der Waals surface area (Å²) in [5.41, 5.74) is 1.01. The van der Waals surface area contributed by atoms with Crippen molar-refractivity contribution in [2.75, 3.05) is 7.11 Å². The van der Waals surface area contributed by atoms with Gasteiger partial charge in [-0.1, -0.05) is 30.4 Å². The molecule has 4 nitrogen and oxygen atoms in total. The van der Waals surface area contributed by atoms with Gasteiger partial charge < -0.3 is 9.30 Å². The first-order valence-electron chi connectivity index (χ1n) is 7.03. The first-order chi connectivity index (χ1) is 10.7. The highest BCUT2D eigenvalue weighted by atomic mass is 32.1. The minimum atomic E-state index is -0.189. The largest absolute Gasteiger partial charge is 0.495 e. The fraction of sp³-hybridized carbons (Fsp3) is 0.250. The Morgan fingerprint density at radius 3 is 2.86 bits per heavy atom. The van der Waals surface area contributed by atoms with Crippen molar-refractivity contribution in [2.24, 2.45) is 4.99 Å². The van der Waals surface area contributed by atoms with E-state index in [-0.39, 0.29) is 5.91 Å². The highest BCUT2D eigenvalue weighted by Gasteiger charge is 2.12. The zero-order valence-electron chi connectivity index (χ0n) is 12.4. The molecule has 0 saturated carbocycles. The summed E-state index contributed by atoms with van der Waals surface area (Å²) in [6.45, 7) is 2.91. The minimum absolute atomic E-state index is 0.189. The molecule has 0 aliphatic carbocycles. The number of hydrogen-bond donors (Lipinski definition) is 0. The molecule has 3 rings (SSSR count). The number of thiophene rings is 1. The Morgan fingerprint density at radius 1 is 1.32 bits per heavy atom. The van der Waals surface area contributed by atoms with Gasteiger partial charge in [-0.05, 0) is 30.0 Å². The van der Waals surface area contributed by atoms with E-state index in [1.807, 2.05) is 29.6 Å². The van der Waals surface area contributed by atoms with Crippen LogP contribution in [0.1, 0.15) is 23.0 Å². The topological polar surface area (TPSA) is 43.6 Å². The van der Waals surface area contributed by atoms with Gasteiger partial charge in [0.15, 0.2) is 4.80 Å². The molecule has 114 valence electrons. The van der Waals surface area contributed by atoms with Gasteiger partial charge in [-0.2, -0.15) is 4.99 Å². The van der Waals surface area contributed by atoms with E-state index in [1.165, 1.54) is 22.7 Å². The molecule has 2 aromatic heterocycles. The average molecular weight is 332 g/mol. The van der Waals surface area contributed by atoms with E-state index in [1.54, 1.807) is 13.2 Å². The van der Waals surface area contributed by atoms with E-state index in [4.69, 9.17) is 4.74 Å². The third-order valence-electron chi connectivity index (χ3n) is 3.26. The summed E-state index contributed by atoms with van der Waals surface area (Å²) in [4.78, 5) is 18.0. The number of para-hydroxylation sites is 1. The van der Waals surface area contributed by atoms with Crippen molar-refractivity contribution in [1.29, 1.82) is 0 Å². The second-order valence-corrected chi connectivity index (χ2v) is 6.69. The van der Waals surface area contributed by atoms with Gasteiger partial charge in [-0.3, -0.25) is 4.79 Å². The molecule has 0 bridgehead atoms. The lowest BCUT2D eigenvalue weighted by Gasteiger charge is -2.06. The van der Waals surface area contributed by atoms with Gasteiger partial charge in [0.25, 0.3) is 5.91 Å². The van der Waals surface area contributed by atoms with Crippen LogP contribution in [-0.2, 0) is 6.54 Å². The van der Waals surface area contributed by atoms with Crippen LogP contribution in [0.5, 0.6) is 5.75 Å². The van der Waals surface area contributed by atoms with Crippen molar-refractivity contribution < 1.29 is 9.53 Å². The Morgan fingerprint density at radius 2 is 2.18 bits per heavy atom. The highest BCUT2D eigenvalue weighted by Crippen LogP contribution is 2.27. The number of thiazole rings is 1. The van der Waals surface area contributed by atoms with Crippen molar-refractivity contribution in [1.82, 2.24) is 4.57 Å². The van der Waals surface area contributed by atoms with Gasteiger partial charge in [0, 0.05) is 6.54 Å². The van der Waals surface area contributed by atoms with Gasteiger partial charge >= 0.3 is 0 Å². The maximum absolute atomic E-state index is 12.3. The van der Waals surface area contributed by atoms with E-state index in [2.05, 4.69) is 16.5 Å². The average Bonchev–Trinajstić information content (AvgIpc) is 3.16. The van der Waals surface area contributed by atoms with Crippen LogP contribution in [0.4, 0.5) is 0 Å². The van der Waals surface area contributed by atoms with Crippen LogP contribution in [0.2, 0.25) is 0 Å². The molecule has 1 amide bonds. The third-order valence-corrected chi connectivity index (χ3v) is 5.16. The molecular weight excluding hydrogens is 316 g/mol. The van der Waals surface area contributed by atoms with Crippen LogP contribution >= 0.6 is 22.7 Å². The normalized spacial score (nSPS) is 12.0. The van der Waals surface area contributed by atoms with Crippen LogP contribution < -0.4 is 9.54 Å². The molecule has 22 heavy (non-hydrogen) atoms. The van der Waals surface area contributed by atoms with E-state index in [9.17, 15) is 4.79 Å². The summed E-state index contributed by atoms with van der Waals surface area (Å²) in [7, 11) is 1.66. The highest BCUT2D eigenvalue weighted by molar-refractivity contribution is 7.16. The number of aromatic nitrogens is 1. The number of fused-ring (bicyclic) bond motifs is 1. The number of methoxy groups -OCH3 is 1. The summed E-state index contributed by atoms with van der Waals surface area (Å²) in [5.74, 6) is 0.623. The predicted molar refractivity (Wildman–Crippen MR) is 90.9 cm³/mol. The van der Waals surface area contributed by atoms with Gasteiger partial charge in [0.2, 0.25) is 0 Å². The molecule has 2 heterocycles. The number of nitrogens with zero attached hydrogens (tertiary/aromatic N) is 2. The Balaban J connectivity index is 2.21. The molecule has 0 radical (unpaired) electrons. The standard InChI is InChI=1S/C16H16N2O2S2/c1-3-9-18-14-11(20-2)6-4-7-12(14)22-16(18)17-15(19)13-8-5-10-21-13/h4-8,10H,3,9H2,1-2H3. The molecule has 0 aliphatic rings. The molecule has 3 aromatic rings. The number of rotatable bonds is 4. The van der Waals surface area contributed by atoms with Gasteiger partial charge in [0.1, 0.15) is 11.3 Å². The Hall–Kier alpha value is -1.92. The van der Waals surface area contributed by atoms with Crippen molar-refractivity contribution in [3.05, 3.63) is 45.4 Å². The molecule has 1 aromatic carbocycles. The minimum Gasteiger partial charge on any atom is -0.495 e. The number of hydrogen-bond acceptors (Lipinski definition) is 4. The molecule has 0 fully saturated rings. The SMILES string of the molecule is CCCn1c(=NC(=O)c2cccs2)sc2cccc(OC)c21. The van der Waals surface area contributed by atoms with Crippen molar-refractivity contribution >= 4 is 38.8 Å². The van der Waals surface area contributed by atoms with E-state index >= 15 is 0 Å². The number of carbonyl (C=O) groups excluding carboxylic acids is 1. The van der Waals surface area contributed by atoms with Crippen LogP contribution in [0, 0.1) is 0 Å². The number of benzene rings is 1. The number of ether oxygens (including phenoxy) is 1. The molecule has 0 N–H and O–H groups in total. The van der Waals surface area contributed by atoms with Crippen LogP contribution in [0.25, 0.3) is 10.2 Å². The van der Waals surface area contributed by atoms with Crippen molar-refractivity contribution in [3.63, 3.8) is 0 Å². The summed E-state index contributed by atoms with van der Waals surface area (Å²) in [6, 6.07) is 9.59. The summed E-state index contributed by atoms with van der Waals surface area (Å²) < 4.78 is 8.61.